The Morgan fingerprint density at radius 3 is 2.32 bits per heavy atom. The molecule has 7 heteroatoms. The fraction of sp³-hybridized carbons (Fsp3) is 0.467. The van der Waals surface area contributed by atoms with Crippen molar-refractivity contribution in [1.29, 1.82) is 0 Å². The molecule has 0 amide bonds. The number of piperidine rings is 1. The molecule has 1 heterocycles. The fourth-order valence-electron chi connectivity index (χ4n) is 2.39. The van der Waals surface area contributed by atoms with E-state index in [4.69, 9.17) is 4.74 Å². The van der Waals surface area contributed by atoms with Crippen molar-refractivity contribution in [3.8, 4) is 0 Å². The molecule has 0 bridgehead atoms. The van der Waals surface area contributed by atoms with E-state index in [-0.39, 0.29) is 18.3 Å². The van der Waals surface area contributed by atoms with Crippen molar-refractivity contribution < 1.29 is 22.7 Å². The highest BCUT2D eigenvalue weighted by atomic mass is 32.2. The third kappa shape index (κ3) is 4.38. The molecule has 0 N–H and O–H groups in total. The molecule has 1 aliphatic rings. The van der Waals surface area contributed by atoms with Gasteiger partial charge in [0.1, 0.15) is 0 Å². The predicted molar refractivity (Wildman–Crippen MR) is 80.9 cm³/mol. The van der Waals surface area contributed by atoms with Crippen molar-refractivity contribution in [1.82, 2.24) is 4.31 Å². The number of nitrogens with zero attached hydrogens (tertiary/aromatic N) is 1. The van der Waals surface area contributed by atoms with Crippen molar-refractivity contribution in [3.05, 3.63) is 35.9 Å². The third-order valence-corrected chi connectivity index (χ3v) is 5.00. The topological polar surface area (TPSA) is 80.8 Å². The monoisotopic (exact) mass is 325 g/mol. The molecule has 120 valence electrons. The highest BCUT2D eigenvalue weighted by Crippen LogP contribution is 2.20. The fourth-order valence-corrected chi connectivity index (χ4v) is 3.26. The Morgan fingerprint density at radius 2 is 1.77 bits per heavy atom. The molecule has 1 aromatic carbocycles. The van der Waals surface area contributed by atoms with Crippen LogP contribution in [0.5, 0.6) is 0 Å². The van der Waals surface area contributed by atoms with Gasteiger partial charge in [-0.3, -0.25) is 9.59 Å². The number of carbonyl (C=O) groups excluding carboxylic acids is 2. The van der Waals surface area contributed by atoms with E-state index >= 15 is 0 Å². The first-order valence-electron chi connectivity index (χ1n) is 7.08. The zero-order valence-electron chi connectivity index (χ0n) is 12.4. The van der Waals surface area contributed by atoms with Gasteiger partial charge in [0.05, 0.1) is 12.2 Å². The van der Waals surface area contributed by atoms with Crippen LogP contribution in [0.1, 0.15) is 23.2 Å². The van der Waals surface area contributed by atoms with Crippen molar-refractivity contribution in [2.45, 2.75) is 12.8 Å². The summed E-state index contributed by atoms with van der Waals surface area (Å²) in [7, 11) is -3.21. The molecule has 0 unspecified atom stereocenters. The number of sulfonamides is 1. The van der Waals surface area contributed by atoms with E-state index in [2.05, 4.69) is 0 Å². The SMILES string of the molecule is CS(=O)(=O)N1CCC(C(=O)OCC(=O)c2ccccc2)CC1. The molecule has 1 aromatic rings. The van der Waals surface area contributed by atoms with Crippen molar-refractivity contribution in [3.63, 3.8) is 0 Å². The highest BCUT2D eigenvalue weighted by molar-refractivity contribution is 7.88. The number of carbonyl (C=O) groups is 2. The van der Waals surface area contributed by atoms with Crippen LogP contribution in [0.3, 0.4) is 0 Å². The lowest BCUT2D eigenvalue weighted by molar-refractivity contribution is -0.148. The number of hydrogen-bond acceptors (Lipinski definition) is 5. The number of ketones is 1. The number of benzene rings is 1. The van der Waals surface area contributed by atoms with Gasteiger partial charge in [0, 0.05) is 18.7 Å². The van der Waals surface area contributed by atoms with Crippen LogP contribution in [0, 0.1) is 5.92 Å². The second kappa shape index (κ2) is 7.02. The first-order valence-corrected chi connectivity index (χ1v) is 8.93. The maximum atomic E-state index is 11.9. The number of ether oxygens (including phenoxy) is 1. The minimum atomic E-state index is -3.21. The smallest absolute Gasteiger partial charge is 0.309 e. The third-order valence-electron chi connectivity index (χ3n) is 3.70. The molecule has 0 spiro atoms. The van der Waals surface area contributed by atoms with E-state index < -0.39 is 16.0 Å². The highest BCUT2D eigenvalue weighted by Gasteiger charge is 2.30. The molecule has 2 rings (SSSR count). The Morgan fingerprint density at radius 1 is 1.18 bits per heavy atom. The van der Waals surface area contributed by atoms with Crippen LogP contribution in [0.2, 0.25) is 0 Å². The van der Waals surface area contributed by atoms with Crippen LogP contribution in [0.25, 0.3) is 0 Å². The first-order chi connectivity index (χ1) is 10.4. The number of esters is 1. The van der Waals surface area contributed by atoms with Crippen LogP contribution in [-0.4, -0.2) is 50.4 Å². The Hall–Kier alpha value is -1.73. The van der Waals surface area contributed by atoms with Gasteiger partial charge in [-0.2, -0.15) is 0 Å². The van der Waals surface area contributed by atoms with E-state index in [0.717, 1.165) is 6.26 Å². The molecule has 0 aliphatic carbocycles. The van der Waals surface area contributed by atoms with E-state index in [1.807, 2.05) is 0 Å². The van der Waals surface area contributed by atoms with E-state index in [1.54, 1.807) is 30.3 Å². The Labute approximate surface area is 130 Å². The molecular formula is C15H19NO5S. The summed E-state index contributed by atoms with van der Waals surface area (Å²) in [6, 6.07) is 8.63. The molecule has 6 nitrogen and oxygen atoms in total. The summed E-state index contributed by atoms with van der Waals surface area (Å²) in [6.07, 6.45) is 2.00. The lowest BCUT2D eigenvalue weighted by Crippen LogP contribution is -2.40. The lowest BCUT2D eigenvalue weighted by atomic mass is 9.98. The second-order valence-electron chi connectivity index (χ2n) is 5.33. The van der Waals surface area contributed by atoms with Gasteiger partial charge in [-0.15, -0.1) is 0 Å². The maximum Gasteiger partial charge on any atom is 0.309 e. The van der Waals surface area contributed by atoms with E-state index in [9.17, 15) is 18.0 Å². The average molecular weight is 325 g/mol. The summed E-state index contributed by atoms with van der Waals surface area (Å²) >= 11 is 0. The van der Waals surface area contributed by atoms with Gasteiger partial charge in [-0.25, -0.2) is 12.7 Å². The van der Waals surface area contributed by atoms with Crippen LogP contribution in [0.4, 0.5) is 0 Å². The number of hydrogen-bond donors (Lipinski definition) is 0. The molecule has 1 saturated heterocycles. The second-order valence-corrected chi connectivity index (χ2v) is 7.32. The summed E-state index contributed by atoms with van der Waals surface area (Å²) in [5.41, 5.74) is 0.502. The van der Waals surface area contributed by atoms with E-state index in [0.29, 0.717) is 31.5 Å². The standard InChI is InChI=1S/C15H19NO5S/c1-22(19,20)16-9-7-13(8-10-16)15(18)21-11-14(17)12-5-3-2-4-6-12/h2-6,13H,7-11H2,1H3. The van der Waals surface area contributed by atoms with Crippen molar-refractivity contribution in [2.75, 3.05) is 26.0 Å². The van der Waals surface area contributed by atoms with Crippen LogP contribution in [0.15, 0.2) is 30.3 Å². The summed E-state index contributed by atoms with van der Waals surface area (Å²) < 4.78 is 29.2. The summed E-state index contributed by atoms with van der Waals surface area (Å²) in [6.45, 7) is 0.339. The minimum absolute atomic E-state index is 0.248. The normalized spacial score (nSPS) is 17.1. The molecule has 22 heavy (non-hydrogen) atoms. The quantitative estimate of drug-likeness (QED) is 0.598. The van der Waals surface area contributed by atoms with Crippen molar-refractivity contribution in [2.24, 2.45) is 5.92 Å². The molecule has 0 aromatic heterocycles. The van der Waals surface area contributed by atoms with Crippen LogP contribution in [-0.2, 0) is 19.6 Å². The zero-order chi connectivity index (χ0) is 16.2. The predicted octanol–water partition coefficient (Wildman–Crippen LogP) is 1.08. The van der Waals surface area contributed by atoms with Gasteiger partial charge in [-0.05, 0) is 12.8 Å². The van der Waals surface area contributed by atoms with Gasteiger partial charge in [0.25, 0.3) is 0 Å². The largest absolute Gasteiger partial charge is 0.457 e. The molecule has 0 radical (unpaired) electrons. The molecule has 1 aliphatic heterocycles. The van der Waals surface area contributed by atoms with Gasteiger partial charge < -0.3 is 4.74 Å². The van der Waals surface area contributed by atoms with Crippen LogP contribution >= 0.6 is 0 Å². The Kier molecular flexibility index (Phi) is 5.31. The van der Waals surface area contributed by atoms with Gasteiger partial charge in [-0.1, -0.05) is 30.3 Å². The zero-order valence-corrected chi connectivity index (χ0v) is 13.2. The molecular weight excluding hydrogens is 306 g/mol. The Balaban J connectivity index is 1.81. The number of rotatable bonds is 5. The first kappa shape index (κ1) is 16.6. The van der Waals surface area contributed by atoms with Gasteiger partial charge in [0.15, 0.2) is 12.4 Å². The van der Waals surface area contributed by atoms with E-state index in [1.165, 1.54) is 4.31 Å². The molecule has 0 saturated carbocycles. The average Bonchev–Trinajstić information content (AvgIpc) is 2.52. The summed E-state index contributed by atoms with van der Waals surface area (Å²) in [5, 5.41) is 0. The lowest BCUT2D eigenvalue weighted by Gasteiger charge is -2.28. The van der Waals surface area contributed by atoms with Gasteiger partial charge in [0.2, 0.25) is 10.0 Å². The summed E-state index contributed by atoms with van der Waals surface area (Å²) in [5.74, 6) is -1.03. The van der Waals surface area contributed by atoms with Gasteiger partial charge >= 0.3 is 5.97 Å². The van der Waals surface area contributed by atoms with Crippen molar-refractivity contribution >= 4 is 21.8 Å². The molecule has 0 atom stereocenters. The van der Waals surface area contributed by atoms with Crippen LogP contribution < -0.4 is 0 Å². The maximum absolute atomic E-state index is 11.9. The molecule has 1 fully saturated rings. The minimum Gasteiger partial charge on any atom is -0.457 e. The Bertz CT molecular complexity index is 633. The summed E-state index contributed by atoms with van der Waals surface area (Å²) in [4.78, 5) is 23.8. The number of Topliss-reactive ketones (excluding diaryl/α,β-unsaturated/α-hetero) is 1.